The van der Waals surface area contributed by atoms with Crippen molar-refractivity contribution in [1.82, 2.24) is 4.98 Å². The lowest BCUT2D eigenvalue weighted by atomic mass is 10.1. The van der Waals surface area contributed by atoms with Crippen molar-refractivity contribution in [1.29, 1.82) is 0 Å². The van der Waals surface area contributed by atoms with Gasteiger partial charge in [-0.05, 0) is 38.1 Å². The van der Waals surface area contributed by atoms with Crippen LogP contribution in [-0.4, -0.2) is 18.0 Å². The van der Waals surface area contributed by atoms with E-state index in [1.807, 2.05) is 31.2 Å². The molecule has 0 unspecified atom stereocenters. The number of anilines is 1. The number of benzene rings is 2. The van der Waals surface area contributed by atoms with Crippen molar-refractivity contribution in [3.63, 3.8) is 0 Å². The molecule has 0 spiro atoms. The maximum absolute atomic E-state index is 12.4. The van der Waals surface area contributed by atoms with Crippen LogP contribution in [-0.2, 0) is 11.2 Å². The number of hydrogen-bond donors (Lipinski definition) is 1. The highest BCUT2D eigenvalue weighted by atomic mass is 32.1. The summed E-state index contributed by atoms with van der Waals surface area (Å²) >= 11 is 1.57. The molecule has 1 N–H and O–H groups in total. The van der Waals surface area contributed by atoms with Crippen molar-refractivity contribution in [2.75, 3.05) is 12.4 Å². The summed E-state index contributed by atoms with van der Waals surface area (Å²) in [7, 11) is 1.62. The Hall–Kier alpha value is -2.66. The first-order valence-corrected chi connectivity index (χ1v) is 8.84. The van der Waals surface area contributed by atoms with Gasteiger partial charge in [-0.2, -0.15) is 0 Å². The van der Waals surface area contributed by atoms with Gasteiger partial charge < -0.3 is 10.1 Å². The number of amides is 1. The van der Waals surface area contributed by atoms with E-state index in [-0.39, 0.29) is 5.91 Å². The molecule has 128 valence electrons. The van der Waals surface area contributed by atoms with Gasteiger partial charge in [0.1, 0.15) is 5.75 Å². The highest BCUT2D eigenvalue weighted by Gasteiger charge is 2.15. The molecule has 0 aliphatic carbocycles. The van der Waals surface area contributed by atoms with E-state index in [1.54, 1.807) is 18.4 Å². The van der Waals surface area contributed by atoms with Crippen molar-refractivity contribution in [2.24, 2.45) is 0 Å². The van der Waals surface area contributed by atoms with Crippen LogP contribution >= 0.6 is 11.3 Å². The predicted octanol–water partition coefficient (Wildman–Crippen LogP) is 4.62. The van der Waals surface area contributed by atoms with Crippen LogP contribution in [0.1, 0.15) is 15.4 Å². The molecule has 5 heteroatoms. The second kappa shape index (κ2) is 7.49. The summed E-state index contributed by atoms with van der Waals surface area (Å²) in [6, 6.07) is 15.5. The van der Waals surface area contributed by atoms with Gasteiger partial charge in [-0.25, -0.2) is 4.98 Å². The lowest BCUT2D eigenvalue weighted by Gasteiger charge is -2.07. The third-order valence-electron chi connectivity index (χ3n) is 3.82. The van der Waals surface area contributed by atoms with E-state index in [0.717, 1.165) is 32.6 Å². The topological polar surface area (TPSA) is 51.2 Å². The molecule has 4 nitrogen and oxygen atoms in total. The van der Waals surface area contributed by atoms with Gasteiger partial charge in [-0.1, -0.05) is 29.8 Å². The quantitative estimate of drug-likeness (QED) is 0.729. The van der Waals surface area contributed by atoms with Gasteiger partial charge in [0.2, 0.25) is 5.91 Å². The van der Waals surface area contributed by atoms with Crippen LogP contribution in [0.3, 0.4) is 0 Å². The highest BCUT2D eigenvalue weighted by molar-refractivity contribution is 7.12. The molecule has 2 aromatic carbocycles. The summed E-state index contributed by atoms with van der Waals surface area (Å²) in [5.74, 6) is 0.708. The molecule has 0 aliphatic rings. The maximum Gasteiger partial charge on any atom is 0.229 e. The van der Waals surface area contributed by atoms with E-state index in [4.69, 9.17) is 4.74 Å². The number of hydrogen-bond acceptors (Lipinski definition) is 4. The van der Waals surface area contributed by atoms with Crippen molar-refractivity contribution in [3.8, 4) is 17.0 Å². The zero-order valence-corrected chi connectivity index (χ0v) is 15.3. The van der Waals surface area contributed by atoms with E-state index in [9.17, 15) is 4.79 Å². The molecule has 3 aromatic rings. The van der Waals surface area contributed by atoms with E-state index in [0.29, 0.717) is 6.42 Å². The Morgan fingerprint density at radius 3 is 2.40 bits per heavy atom. The Labute approximate surface area is 151 Å². The number of ether oxygens (including phenoxy) is 1. The smallest absolute Gasteiger partial charge is 0.229 e. The summed E-state index contributed by atoms with van der Waals surface area (Å²) < 4.78 is 5.13. The molecular formula is C20H20N2O2S. The molecule has 3 rings (SSSR count). The van der Waals surface area contributed by atoms with E-state index in [1.165, 1.54) is 5.56 Å². The molecule has 0 aliphatic heterocycles. The number of nitrogens with zero attached hydrogens (tertiary/aromatic N) is 1. The SMILES string of the molecule is COc1ccc(NC(=O)Cc2sc(C)nc2-c2ccc(C)cc2)cc1. The van der Waals surface area contributed by atoms with Crippen LogP contribution in [0, 0.1) is 13.8 Å². The minimum Gasteiger partial charge on any atom is -0.497 e. The van der Waals surface area contributed by atoms with E-state index >= 15 is 0 Å². The average molecular weight is 352 g/mol. The van der Waals surface area contributed by atoms with Crippen molar-refractivity contribution in [3.05, 3.63) is 64.0 Å². The largest absolute Gasteiger partial charge is 0.497 e. The zero-order chi connectivity index (χ0) is 17.8. The van der Waals surface area contributed by atoms with Gasteiger partial charge in [0, 0.05) is 16.1 Å². The summed E-state index contributed by atoms with van der Waals surface area (Å²) in [5.41, 5.74) is 3.90. The fourth-order valence-electron chi connectivity index (χ4n) is 2.55. The van der Waals surface area contributed by atoms with Crippen molar-refractivity contribution >= 4 is 22.9 Å². The Kier molecular flexibility index (Phi) is 5.14. The number of nitrogens with one attached hydrogen (secondary N) is 1. The number of carbonyl (C=O) groups excluding carboxylic acids is 1. The van der Waals surface area contributed by atoms with Crippen molar-refractivity contribution < 1.29 is 9.53 Å². The molecule has 25 heavy (non-hydrogen) atoms. The molecule has 0 bridgehead atoms. The van der Waals surface area contributed by atoms with Gasteiger partial charge in [-0.15, -0.1) is 11.3 Å². The van der Waals surface area contributed by atoms with Crippen molar-refractivity contribution in [2.45, 2.75) is 20.3 Å². The van der Waals surface area contributed by atoms with Crippen LogP contribution in [0.25, 0.3) is 11.3 Å². The monoisotopic (exact) mass is 352 g/mol. The van der Waals surface area contributed by atoms with Crippen LogP contribution in [0.4, 0.5) is 5.69 Å². The molecule has 0 atom stereocenters. The maximum atomic E-state index is 12.4. The Bertz CT molecular complexity index is 868. The molecule has 0 radical (unpaired) electrons. The molecular weight excluding hydrogens is 332 g/mol. The van der Waals surface area contributed by atoms with Gasteiger partial charge >= 0.3 is 0 Å². The number of aromatic nitrogens is 1. The Balaban J connectivity index is 1.75. The molecule has 1 heterocycles. The van der Waals surface area contributed by atoms with Gasteiger partial charge in [0.15, 0.2) is 0 Å². The zero-order valence-electron chi connectivity index (χ0n) is 14.5. The van der Waals surface area contributed by atoms with Crippen LogP contribution in [0.5, 0.6) is 5.75 Å². The Morgan fingerprint density at radius 2 is 1.76 bits per heavy atom. The third kappa shape index (κ3) is 4.25. The fraction of sp³-hybridized carbons (Fsp3) is 0.200. The summed E-state index contributed by atoms with van der Waals surface area (Å²) in [5, 5.41) is 3.88. The average Bonchev–Trinajstić information content (AvgIpc) is 2.96. The predicted molar refractivity (Wildman–Crippen MR) is 102 cm³/mol. The first-order valence-electron chi connectivity index (χ1n) is 8.02. The first kappa shape index (κ1) is 17.2. The lowest BCUT2D eigenvalue weighted by molar-refractivity contribution is -0.115. The van der Waals surface area contributed by atoms with Crippen LogP contribution in [0.2, 0.25) is 0 Å². The molecule has 1 amide bonds. The summed E-state index contributed by atoms with van der Waals surface area (Å²) in [6.45, 7) is 4.02. The molecule has 0 fully saturated rings. The molecule has 0 saturated carbocycles. The number of rotatable bonds is 5. The minimum absolute atomic E-state index is 0.0535. The third-order valence-corrected chi connectivity index (χ3v) is 4.79. The first-order chi connectivity index (χ1) is 12.0. The fourth-order valence-corrected chi connectivity index (χ4v) is 3.51. The number of carbonyl (C=O) groups is 1. The number of thiazole rings is 1. The van der Waals surface area contributed by atoms with Gasteiger partial charge in [-0.3, -0.25) is 4.79 Å². The summed E-state index contributed by atoms with van der Waals surface area (Å²) in [4.78, 5) is 18.0. The molecule has 0 saturated heterocycles. The minimum atomic E-state index is -0.0535. The number of methoxy groups -OCH3 is 1. The normalized spacial score (nSPS) is 10.5. The second-order valence-electron chi connectivity index (χ2n) is 5.82. The Morgan fingerprint density at radius 1 is 1.08 bits per heavy atom. The highest BCUT2D eigenvalue weighted by Crippen LogP contribution is 2.29. The second-order valence-corrected chi connectivity index (χ2v) is 7.11. The lowest BCUT2D eigenvalue weighted by Crippen LogP contribution is -2.14. The van der Waals surface area contributed by atoms with E-state index in [2.05, 4.69) is 41.5 Å². The summed E-state index contributed by atoms with van der Waals surface area (Å²) in [6.07, 6.45) is 0.306. The standard InChI is InChI=1S/C20H20N2O2S/c1-13-4-6-15(7-5-13)20-18(25-14(2)21-20)12-19(23)22-16-8-10-17(24-3)11-9-16/h4-11H,12H2,1-3H3,(H,22,23). The van der Waals surface area contributed by atoms with Crippen LogP contribution < -0.4 is 10.1 Å². The molecule has 1 aromatic heterocycles. The van der Waals surface area contributed by atoms with Gasteiger partial charge in [0.05, 0.1) is 24.2 Å². The van der Waals surface area contributed by atoms with Crippen LogP contribution in [0.15, 0.2) is 48.5 Å². The number of aryl methyl sites for hydroxylation is 2. The van der Waals surface area contributed by atoms with E-state index < -0.39 is 0 Å². The van der Waals surface area contributed by atoms with Gasteiger partial charge in [0.25, 0.3) is 0 Å².